The maximum absolute atomic E-state index is 13.1. The zero-order valence-electron chi connectivity index (χ0n) is 11.9. The van der Waals surface area contributed by atoms with Gasteiger partial charge in [0.1, 0.15) is 5.82 Å². The van der Waals surface area contributed by atoms with Crippen LogP contribution in [0.3, 0.4) is 0 Å². The van der Waals surface area contributed by atoms with Crippen LogP contribution in [0.1, 0.15) is 36.0 Å². The number of nitrogens with zero attached hydrogens (tertiary/aromatic N) is 1. The fourth-order valence-corrected chi connectivity index (χ4v) is 3.21. The van der Waals surface area contributed by atoms with Gasteiger partial charge in [-0.2, -0.15) is 0 Å². The monoisotopic (exact) mass is 310 g/mol. The largest absolute Gasteiger partial charge is 0.335 e. The van der Waals surface area contributed by atoms with Crippen LogP contribution >= 0.6 is 11.6 Å². The van der Waals surface area contributed by atoms with Gasteiger partial charge in [-0.25, -0.2) is 4.39 Å². The lowest BCUT2D eigenvalue weighted by atomic mass is 9.98. The lowest BCUT2D eigenvalue weighted by Crippen LogP contribution is -2.42. The smallest absolute Gasteiger partial charge is 0.255 e. The van der Waals surface area contributed by atoms with Crippen molar-refractivity contribution in [2.45, 2.75) is 31.7 Å². The molecule has 0 spiro atoms. The minimum absolute atomic E-state index is 0.0620. The highest BCUT2D eigenvalue weighted by molar-refractivity contribution is 6.33. The molecule has 5 heteroatoms. The van der Waals surface area contributed by atoms with Crippen molar-refractivity contribution in [1.29, 1.82) is 0 Å². The van der Waals surface area contributed by atoms with E-state index in [9.17, 15) is 9.18 Å². The van der Waals surface area contributed by atoms with E-state index in [1.165, 1.54) is 18.2 Å². The van der Waals surface area contributed by atoms with Crippen LogP contribution in [0.25, 0.3) is 0 Å². The van der Waals surface area contributed by atoms with Gasteiger partial charge in [0.05, 0.1) is 10.6 Å². The van der Waals surface area contributed by atoms with Gasteiger partial charge in [-0.1, -0.05) is 11.6 Å². The van der Waals surface area contributed by atoms with E-state index in [1.54, 1.807) is 0 Å². The molecule has 3 nitrogen and oxygen atoms in total. The topological polar surface area (TPSA) is 32.3 Å². The average Bonchev–Trinajstić information content (AvgIpc) is 3.30. The molecule has 1 saturated heterocycles. The molecule has 3 rings (SSSR count). The van der Waals surface area contributed by atoms with Crippen molar-refractivity contribution in [3.05, 3.63) is 34.6 Å². The van der Waals surface area contributed by atoms with E-state index in [4.69, 9.17) is 11.6 Å². The Morgan fingerprint density at radius 3 is 2.81 bits per heavy atom. The molecule has 1 N–H and O–H groups in total. The summed E-state index contributed by atoms with van der Waals surface area (Å²) in [4.78, 5) is 14.7. The van der Waals surface area contributed by atoms with Gasteiger partial charge in [0, 0.05) is 12.6 Å². The molecule has 1 amide bonds. The number of carbonyl (C=O) groups is 1. The van der Waals surface area contributed by atoms with Gasteiger partial charge in [0.15, 0.2) is 0 Å². The van der Waals surface area contributed by atoms with Gasteiger partial charge in [-0.3, -0.25) is 4.79 Å². The Morgan fingerprint density at radius 2 is 2.19 bits per heavy atom. The molecule has 2 fully saturated rings. The lowest BCUT2D eigenvalue weighted by molar-refractivity contribution is 0.0704. The minimum Gasteiger partial charge on any atom is -0.335 e. The average molecular weight is 311 g/mol. The molecule has 0 aromatic heterocycles. The summed E-state index contributed by atoms with van der Waals surface area (Å²) in [6.45, 7) is 2.80. The van der Waals surface area contributed by atoms with Crippen LogP contribution in [0.2, 0.25) is 5.02 Å². The molecule has 1 unspecified atom stereocenters. The second-order valence-electron chi connectivity index (χ2n) is 6.03. The van der Waals surface area contributed by atoms with Gasteiger partial charge < -0.3 is 10.2 Å². The SMILES string of the molecule is O=C(c1ccc(F)cc1Cl)N(CC1CCCNC1)C1CC1. The van der Waals surface area contributed by atoms with Crippen molar-refractivity contribution in [2.75, 3.05) is 19.6 Å². The number of hydrogen-bond donors (Lipinski definition) is 1. The highest BCUT2D eigenvalue weighted by atomic mass is 35.5. The third-order valence-electron chi connectivity index (χ3n) is 4.26. The van der Waals surface area contributed by atoms with Crippen molar-refractivity contribution >= 4 is 17.5 Å². The third kappa shape index (κ3) is 3.55. The summed E-state index contributed by atoms with van der Waals surface area (Å²) in [6.07, 6.45) is 4.44. The van der Waals surface area contributed by atoms with E-state index in [0.717, 1.165) is 45.3 Å². The Hall–Kier alpha value is -1.13. The molecule has 1 saturated carbocycles. The van der Waals surface area contributed by atoms with Crippen LogP contribution in [-0.2, 0) is 0 Å². The molecule has 1 heterocycles. The first kappa shape index (κ1) is 14.8. The van der Waals surface area contributed by atoms with Gasteiger partial charge in [-0.05, 0) is 62.9 Å². The molecule has 1 aromatic carbocycles. The molecule has 1 aromatic rings. The van der Waals surface area contributed by atoms with Crippen LogP contribution in [-0.4, -0.2) is 36.5 Å². The number of piperidine rings is 1. The first-order chi connectivity index (χ1) is 10.1. The second-order valence-corrected chi connectivity index (χ2v) is 6.43. The quantitative estimate of drug-likeness (QED) is 0.927. The zero-order valence-corrected chi connectivity index (χ0v) is 12.7. The Bertz CT molecular complexity index is 527. The number of amides is 1. The molecule has 1 atom stereocenters. The van der Waals surface area contributed by atoms with Crippen molar-refractivity contribution in [1.82, 2.24) is 10.2 Å². The first-order valence-electron chi connectivity index (χ1n) is 7.62. The van der Waals surface area contributed by atoms with E-state index in [2.05, 4.69) is 5.32 Å². The van der Waals surface area contributed by atoms with E-state index in [1.807, 2.05) is 4.90 Å². The Balaban J connectivity index is 1.75. The standard InChI is InChI=1S/C16H20ClFN2O/c17-15-8-12(18)3-6-14(15)16(21)20(13-4-5-13)10-11-2-1-7-19-9-11/h3,6,8,11,13,19H,1-2,4-5,7,9-10H2. The highest BCUT2D eigenvalue weighted by Gasteiger charge is 2.35. The molecular weight excluding hydrogens is 291 g/mol. The lowest BCUT2D eigenvalue weighted by Gasteiger charge is -2.30. The van der Waals surface area contributed by atoms with E-state index < -0.39 is 5.82 Å². The molecule has 1 aliphatic carbocycles. The predicted molar refractivity (Wildman–Crippen MR) is 81.1 cm³/mol. The zero-order chi connectivity index (χ0) is 14.8. The molecular formula is C16H20ClFN2O. The van der Waals surface area contributed by atoms with E-state index >= 15 is 0 Å². The third-order valence-corrected chi connectivity index (χ3v) is 4.58. The van der Waals surface area contributed by atoms with Crippen LogP contribution in [0.5, 0.6) is 0 Å². The molecule has 21 heavy (non-hydrogen) atoms. The number of rotatable bonds is 4. The molecule has 2 aliphatic rings. The normalized spacial score (nSPS) is 22.1. The Kier molecular flexibility index (Phi) is 4.45. The van der Waals surface area contributed by atoms with Gasteiger partial charge in [0.25, 0.3) is 5.91 Å². The number of halogens is 2. The highest BCUT2D eigenvalue weighted by Crippen LogP contribution is 2.31. The van der Waals surface area contributed by atoms with Crippen LogP contribution in [0, 0.1) is 11.7 Å². The van der Waals surface area contributed by atoms with E-state index in [-0.39, 0.29) is 10.9 Å². The number of hydrogen-bond acceptors (Lipinski definition) is 2. The fraction of sp³-hybridized carbons (Fsp3) is 0.562. The van der Waals surface area contributed by atoms with Crippen molar-refractivity contribution < 1.29 is 9.18 Å². The van der Waals surface area contributed by atoms with Gasteiger partial charge in [-0.15, -0.1) is 0 Å². The minimum atomic E-state index is -0.411. The number of nitrogens with one attached hydrogen (secondary N) is 1. The van der Waals surface area contributed by atoms with Crippen LogP contribution < -0.4 is 5.32 Å². The van der Waals surface area contributed by atoms with Crippen molar-refractivity contribution in [2.24, 2.45) is 5.92 Å². The summed E-state index contributed by atoms with van der Waals surface area (Å²) < 4.78 is 13.1. The van der Waals surface area contributed by atoms with Crippen molar-refractivity contribution in [3.8, 4) is 0 Å². The number of benzene rings is 1. The molecule has 1 aliphatic heterocycles. The molecule has 0 bridgehead atoms. The second kappa shape index (κ2) is 6.32. The summed E-state index contributed by atoms with van der Waals surface area (Å²) in [5.41, 5.74) is 0.411. The Morgan fingerprint density at radius 1 is 1.38 bits per heavy atom. The Labute approximate surface area is 129 Å². The summed E-state index contributed by atoms with van der Waals surface area (Å²) >= 11 is 6.04. The van der Waals surface area contributed by atoms with Crippen LogP contribution in [0.4, 0.5) is 4.39 Å². The number of carbonyl (C=O) groups excluding carboxylic acids is 1. The first-order valence-corrected chi connectivity index (χ1v) is 7.99. The molecule has 0 radical (unpaired) electrons. The van der Waals surface area contributed by atoms with Crippen molar-refractivity contribution in [3.63, 3.8) is 0 Å². The van der Waals surface area contributed by atoms with Gasteiger partial charge >= 0.3 is 0 Å². The summed E-state index contributed by atoms with van der Waals surface area (Å²) in [5, 5.41) is 3.58. The predicted octanol–water partition coefficient (Wildman–Crippen LogP) is 3.08. The maximum atomic E-state index is 13.1. The fourth-order valence-electron chi connectivity index (χ4n) is 2.96. The van der Waals surface area contributed by atoms with E-state index in [0.29, 0.717) is 17.5 Å². The molecule has 114 valence electrons. The van der Waals surface area contributed by atoms with Crippen LogP contribution in [0.15, 0.2) is 18.2 Å². The maximum Gasteiger partial charge on any atom is 0.255 e. The summed E-state index contributed by atoms with van der Waals surface area (Å²) in [6, 6.07) is 4.34. The summed E-state index contributed by atoms with van der Waals surface area (Å²) in [5.74, 6) is 0.0293. The van der Waals surface area contributed by atoms with Gasteiger partial charge in [0.2, 0.25) is 0 Å². The summed E-state index contributed by atoms with van der Waals surface area (Å²) in [7, 11) is 0.